The minimum Gasteiger partial charge on any atom is -0.378 e. The third kappa shape index (κ3) is 0.958. The molecular formula is C8H15N. The van der Waals surface area contributed by atoms with Crippen molar-refractivity contribution in [1.29, 1.82) is 0 Å². The molecule has 1 rings (SSSR count). The van der Waals surface area contributed by atoms with E-state index in [4.69, 9.17) is 0 Å². The van der Waals surface area contributed by atoms with Crippen LogP contribution in [0.1, 0.15) is 13.8 Å². The van der Waals surface area contributed by atoms with Gasteiger partial charge in [0.1, 0.15) is 0 Å². The highest BCUT2D eigenvalue weighted by molar-refractivity contribution is 5.05. The lowest BCUT2D eigenvalue weighted by Gasteiger charge is -2.11. The van der Waals surface area contributed by atoms with Crippen molar-refractivity contribution < 1.29 is 0 Å². The number of hydrogen-bond acceptors (Lipinski definition) is 1. The van der Waals surface area contributed by atoms with Gasteiger partial charge in [-0.15, -0.1) is 0 Å². The van der Waals surface area contributed by atoms with E-state index < -0.39 is 0 Å². The fourth-order valence-electron chi connectivity index (χ4n) is 1.38. The van der Waals surface area contributed by atoms with Crippen LogP contribution < -0.4 is 0 Å². The molecule has 0 aliphatic carbocycles. The maximum atomic E-state index is 3.99. The summed E-state index contributed by atoms with van der Waals surface area (Å²) in [4.78, 5) is 2.25. The molecule has 0 saturated carbocycles. The van der Waals surface area contributed by atoms with Crippen molar-refractivity contribution >= 4 is 0 Å². The molecule has 0 N–H and O–H groups in total. The molecule has 1 nitrogen and oxygen atoms in total. The number of nitrogens with zero attached hydrogens (tertiary/aromatic N) is 1. The Morgan fingerprint density at radius 2 is 2.11 bits per heavy atom. The lowest BCUT2D eigenvalue weighted by atomic mass is 9.99. The molecule has 0 aromatic heterocycles. The zero-order chi connectivity index (χ0) is 7.02. The van der Waals surface area contributed by atoms with Crippen LogP contribution in [0.4, 0.5) is 0 Å². The molecule has 1 aliphatic rings. The first-order valence-corrected chi connectivity index (χ1v) is 3.53. The highest BCUT2D eigenvalue weighted by atomic mass is 15.1. The fraction of sp³-hybridized carbons (Fsp3) is 0.750. The molecule has 1 heteroatoms. The van der Waals surface area contributed by atoms with Crippen LogP contribution in [0.15, 0.2) is 12.3 Å². The van der Waals surface area contributed by atoms with Crippen LogP contribution in [-0.4, -0.2) is 18.5 Å². The van der Waals surface area contributed by atoms with E-state index in [0.29, 0.717) is 5.92 Å². The Hall–Kier alpha value is -0.460. The van der Waals surface area contributed by atoms with E-state index in [1.54, 1.807) is 0 Å². The molecule has 0 bridgehead atoms. The summed E-state index contributed by atoms with van der Waals surface area (Å²) in [6.45, 7) is 9.70. The standard InChI is InChI=1S/C8H15N/c1-6-5-9(4)8(3)7(6)2/h6-7H,3,5H2,1-2,4H3. The molecule has 0 amide bonds. The molecule has 1 saturated heterocycles. The highest BCUT2D eigenvalue weighted by Gasteiger charge is 2.26. The summed E-state index contributed by atoms with van der Waals surface area (Å²) < 4.78 is 0. The molecular weight excluding hydrogens is 110 g/mol. The van der Waals surface area contributed by atoms with Crippen molar-refractivity contribution in [2.24, 2.45) is 11.8 Å². The van der Waals surface area contributed by atoms with Crippen molar-refractivity contribution in [2.45, 2.75) is 13.8 Å². The van der Waals surface area contributed by atoms with Crippen LogP contribution in [-0.2, 0) is 0 Å². The monoisotopic (exact) mass is 125 g/mol. The molecule has 52 valence electrons. The zero-order valence-corrected chi connectivity index (χ0v) is 6.52. The van der Waals surface area contributed by atoms with E-state index in [1.807, 2.05) is 0 Å². The SMILES string of the molecule is C=C1C(C)C(C)CN1C. The van der Waals surface area contributed by atoms with Gasteiger partial charge in [0.05, 0.1) is 0 Å². The van der Waals surface area contributed by atoms with Gasteiger partial charge in [0.25, 0.3) is 0 Å². The number of allylic oxidation sites excluding steroid dienone is 1. The molecule has 0 spiro atoms. The van der Waals surface area contributed by atoms with Crippen LogP contribution in [0, 0.1) is 11.8 Å². The second-order valence-corrected chi connectivity index (χ2v) is 3.14. The summed E-state index contributed by atoms with van der Waals surface area (Å²) in [5.74, 6) is 1.48. The summed E-state index contributed by atoms with van der Waals surface area (Å²) in [5, 5.41) is 0. The summed E-state index contributed by atoms with van der Waals surface area (Å²) in [6, 6.07) is 0. The third-order valence-electron chi connectivity index (χ3n) is 2.43. The zero-order valence-electron chi connectivity index (χ0n) is 6.52. The van der Waals surface area contributed by atoms with Gasteiger partial charge in [-0.1, -0.05) is 20.4 Å². The normalized spacial score (nSPS) is 35.9. The Labute approximate surface area is 57.4 Å². The fourth-order valence-corrected chi connectivity index (χ4v) is 1.38. The van der Waals surface area contributed by atoms with Crippen molar-refractivity contribution in [1.82, 2.24) is 4.90 Å². The van der Waals surface area contributed by atoms with E-state index in [2.05, 4.69) is 32.4 Å². The Morgan fingerprint density at radius 3 is 2.22 bits per heavy atom. The predicted octanol–water partition coefficient (Wildman–Crippen LogP) is 1.72. The topological polar surface area (TPSA) is 3.24 Å². The van der Waals surface area contributed by atoms with Gasteiger partial charge in [-0.2, -0.15) is 0 Å². The van der Waals surface area contributed by atoms with E-state index in [0.717, 1.165) is 5.92 Å². The first kappa shape index (κ1) is 6.66. The molecule has 1 aliphatic heterocycles. The summed E-state index contributed by atoms with van der Waals surface area (Å²) in [7, 11) is 2.11. The molecule has 9 heavy (non-hydrogen) atoms. The first-order valence-electron chi connectivity index (χ1n) is 3.53. The molecule has 1 heterocycles. The summed E-state index contributed by atoms with van der Waals surface area (Å²) in [6.07, 6.45) is 0. The predicted molar refractivity (Wildman–Crippen MR) is 40.1 cm³/mol. The summed E-state index contributed by atoms with van der Waals surface area (Å²) >= 11 is 0. The minimum absolute atomic E-state index is 0.690. The van der Waals surface area contributed by atoms with Crippen LogP contribution >= 0.6 is 0 Å². The Balaban J connectivity index is 2.65. The molecule has 0 aromatic rings. The van der Waals surface area contributed by atoms with E-state index >= 15 is 0 Å². The smallest absolute Gasteiger partial charge is 0.0203 e. The van der Waals surface area contributed by atoms with Crippen LogP contribution in [0.25, 0.3) is 0 Å². The Kier molecular flexibility index (Phi) is 1.52. The maximum absolute atomic E-state index is 3.99. The van der Waals surface area contributed by atoms with Crippen molar-refractivity contribution in [3.63, 3.8) is 0 Å². The average molecular weight is 125 g/mol. The van der Waals surface area contributed by atoms with Gasteiger partial charge in [-0.25, -0.2) is 0 Å². The largest absolute Gasteiger partial charge is 0.378 e. The van der Waals surface area contributed by atoms with Gasteiger partial charge in [-0.3, -0.25) is 0 Å². The molecule has 2 unspecified atom stereocenters. The lowest BCUT2D eigenvalue weighted by molar-refractivity contribution is 0.442. The molecule has 1 fully saturated rings. The Morgan fingerprint density at radius 1 is 1.56 bits per heavy atom. The van der Waals surface area contributed by atoms with E-state index in [-0.39, 0.29) is 0 Å². The van der Waals surface area contributed by atoms with Gasteiger partial charge >= 0.3 is 0 Å². The molecule has 0 aromatic carbocycles. The maximum Gasteiger partial charge on any atom is 0.0203 e. The van der Waals surface area contributed by atoms with Crippen molar-refractivity contribution in [3.05, 3.63) is 12.3 Å². The minimum atomic E-state index is 0.690. The van der Waals surface area contributed by atoms with Gasteiger partial charge in [0.2, 0.25) is 0 Å². The summed E-state index contributed by atoms with van der Waals surface area (Å²) in [5.41, 5.74) is 1.29. The number of hydrogen-bond donors (Lipinski definition) is 0. The van der Waals surface area contributed by atoms with Crippen LogP contribution in [0.3, 0.4) is 0 Å². The first-order chi connectivity index (χ1) is 4.13. The number of likely N-dealkylation sites (tertiary alicyclic amines) is 1. The average Bonchev–Trinajstić information content (AvgIpc) is 1.98. The lowest BCUT2D eigenvalue weighted by Crippen LogP contribution is -2.10. The van der Waals surface area contributed by atoms with Gasteiger partial charge in [-0.05, 0) is 11.8 Å². The van der Waals surface area contributed by atoms with E-state index in [9.17, 15) is 0 Å². The van der Waals surface area contributed by atoms with Crippen molar-refractivity contribution in [3.8, 4) is 0 Å². The van der Waals surface area contributed by atoms with Gasteiger partial charge in [0.15, 0.2) is 0 Å². The quantitative estimate of drug-likeness (QED) is 0.476. The molecule has 0 radical (unpaired) electrons. The van der Waals surface area contributed by atoms with Gasteiger partial charge < -0.3 is 4.90 Å². The van der Waals surface area contributed by atoms with Crippen molar-refractivity contribution in [2.75, 3.05) is 13.6 Å². The highest BCUT2D eigenvalue weighted by Crippen LogP contribution is 2.29. The van der Waals surface area contributed by atoms with Gasteiger partial charge in [0, 0.05) is 19.3 Å². The van der Waals surface area contributed by atoms with E-state index in [1.165, 1.54) is 12.2 Å². The third-order valence-corrected chi connectivity index (χ3v) is 2.43. The second kappa shape index (κ2) is 2.05. The molecule has 2 atom stereocenters. The van der Waals surface area contributed by atoms with Crippen LogP contribution in [0.5, 0.6) is 0 Å². The van der Waals surface area contributed by atoms with Crippen LogP contribution in [0.2, 0.25) is 0 Å². The number of rotatable bonds is 0. The Bertz CT molecular complexity index is 129. The second-order valence-electron chi connectivity index (χ2n) is 3.14.